The van der Waals surface area contributed by atoms with Gasteiger partial charge in [-0.15, -0.1) is 0 Å². The van der Waals surface area contributed by atoms with Crippen LogP contribution in [-0.2, 0) is 38.5 Å². The number of alkyl carbamates (subject to hydrolysis) is 1. The Hall–Kier alpha value is -5.00. The third kappa shape index (κ3) is 11.8. The smallest absolute Gasteiger partial charge is 0.407 e. The van der Waals surface area contributed by atoms with E-state index in [1.165, 1.54) is 0 Å². The molecule has 3 aromatic carbocycles. The predicted octanol–water partition coefficient (Wildman–Crippen LogP) is 6.79. The Bertz CT molecular complexity index is 1760. The number of amides is 1. The lowest BCUT2D eigenvalue weighted by atomic mass is 10.0. The summed E-state index contributed by atoms with van der Waals surface area (Å²) in [7, 11) is 0. The van der Waals surface area contributed by atoms with Crippen molar-refractivity contribution in [2.24, 2.45) is 0 Å². The number of benzene rings is 3. The monoisotopic (exact) mass is 694 g/mol. The number of morpholine rings is 1. The van der Waals surface area contributed by atoms with Gasteiger partial charge in [-0.3, -0.25) is 10.1 Å². The Kier molecular flexibility index (Phi) is 12.3. The topological polar surface area (TPSA) is 127 Å². The molecule has 4 aromatic rings. The Morgan fingerprint density at radius 2 is 1.57 bits per heavy atom. The van der Waals surface area contributed by atoms with Gasteiger partial charge in [-0.25, -0.2) is 14.8 Å². The number of rotatable bonds is 12. The molecule has 11 heteroatoms. The van der Waals surface area contributed by atoms with E-state index in [1.807, 2.05) is 108 Å². The number of carbonyl (C=O) groups excluding carboxylic acids is 2. The Morgan fingerprint density at radius 3 is 2.29 bits per heavy atom. The first kappa shape index (κ1) is 37.3. The maximum atomic E-state index is 13.4. The zero-order valence-corrected chi connectivity index (χ0v) is 30.5. The lowest BCUT2D eigenvalue weighted by molar-refractivity contribution is -0.157. The van der Waals surface area contributed by atoms with Gasteiger partial charge in [0.1, 0.15) is 17.2 Å². The van der Waals surface area contributed by atoms with Gasteiger partial charge in [0.25, 0.3) is 0 Å². The molecule has 270 valence electrons. The van der Waals surface area contributed by atoms with Crippen molar-refractivity contribution in [2.45, 2.75) is 78.3 Å². The number of hydrogen-bond donors (Lipinski definition) is 3. The fourth-order valence-electron chi connectivity index (χ4n) is 5.65. The van der Waals surface area contributed by atoms with Crippen LogP contribution in [0.25, 0.3) is 11.3 Å². The molecular formula is C40H50N6O5. The molecule has 3 N–H and O–H groups in total. The van der Waals surface area contributed by atoms with E-state index in [-0.39, 0.29) is 5.97 Å². The highest BCUT2D eigenvalue weighted by atomic mass is 16.6. The highest BCUT2D eigenvalue weighted by Gasteiger charge is 2.26. The SMILES string of the molecule is CC(C)(C)OC(=O)NCc1cccc(-c2ccnc(Nc3ccc(N4CCOCC4)c(CNC(Cc4ccccc4)C(=O)OC(C)(C)C)c3)n2)c1. The molecule has 0 saturated carbocycles. The summed E-state index contributed by atoms with van der Waals surface area (Å²) < 4.78 is 16.8. The third-order valence-electron chi connectivity index (χ3n) is 7.91. The van der Waals surface area contributed by atoms with Crippen LogP contribution >= 0.6 is 0 Å². The minimum atomic E-state index is -0.608. The fraction of sp³-hybridized carbons (Fsp3) is 0.400. The molecule has 0 aliphatic carbocycles. The van der Waals surface area contributed by atoms with Gasteiger partial charge in [0.15, 0.2) is 0 Å². The molecule has 51 heavy (non-hydrogen) atoms. The Balaban J connectivity index is 1.34. The molecule has 1 aliphatic heterocycles. The first-order valence-corrected chi connectivity index (χ1v) is 17.4. The van der Waals surface area contributed by atoms with E-state index < -0.39 is 23.3 Å². The molecule has 0 bridgehead atoms. The number of anilines is 3. The maximum Gasteiger partial charge on any atom is 0.407 e. The minimum Gasteiger partial charge on any atom is -0.459 e. The summed E-state index contributed by atoms with van der Waals surface area (Å²) in [5, 5.41) is 9.71. The molecule has 1 aromatic heterocycles. The van der Waals surface area contributed by atoms with Crippen molar-refractivity contribution in [1.29, 1.82) is 0 Å². The van der Waals surface area contributed by atoms with Crippen molar-refractivity contribution in [2.75, 3.05) is 36.5 Å². The number of nitrogens with zero attached hydrogens (tertiary/aromatic N) is 3. The maximum absolute atomic E-state index is 13.4. The summed E-state index contributed by atoms with van der Waals surface area (Å²) in [6.45, 7) is 14.8. The van der Waals surface area contributed by atoms with E-state index >= 15 is 0 Å². The fourth-order valence-corrected chi connectivity index (χ4v) is 5.65. The van der Waals surface area contributed by atoms with Crippen LogP contribution in [0.4, 0.5) is 22.1 Å². The molecule has 11 nitrogen and oxygen atoms in total. The average molecular weight is 695 g/mol. The van der Waals surface area contributed by atoms with E-state index in [0.717, 1.165) is 52.4 Å². The molecule has 2 heterocycles. The standard InChI is InChI=1S/C40H50N6O5/c1-39(2,3)50-36(47)34(24-28-11-8-7-9-12-28)42-27-31-25-32(15-16-35(31)46-19-21-49-22-20-46)44-37-41-18-17-33(45-37)30-14-10-13-29(23-30)26-43-38(48)51-40(4,5)6/h7-18,23,25,34,42H,19-22,24,26-27H2,1-6H3,(H,43,48)(H,41,44,45). The first-order valence-electron chi connectivity index (χ1n) is 17.4. The molecule has 1 atom stereocenters. The van der Waals surface area contributed by atoms with Crippen LogP contribution in [0.2, 0.25) is 0 Å². The molecule has 1 aliphatic rings. The Labute approximate surface area is 301 Å². The summed E-state index contributed by atoms with van der Waals surface area (Å²) in [5.74, 6) is 0.155. The molecule has 5 rings (SSSR count). The van der Waals surface area contributed by atoms with Crippen LogP contribution < -0.4 is 20.9 Å². The van der Waals surface area contributed by atoms with Gasteiger partial charge in [0, 0.05) is 49.3 Å². The second-order valence-corrected chi connectivity index (χ2v) is 14.5. The van der Waals surface area contributed by atoms with E-state index in [4.69, 9.17) is 19.2 Å². The number of aromatic nitrogens is 2. The summed E-state index contributed by atoms with van der Waals surface area (Å²) in [4.78, 5) is 37.2. The number of esters is 1. The molecule has 1 fully saturated rings. The molecular weight excluding hydrogens is 644 g/mol. The second kappa shape index (κ2) is 16.8. The zero-order valence-electron chi connectivity index (χ0n) is 30.5. The summed E-state index contributed by atoms with van der Waals surface area (Å²) in [6, 6.07) is 25.3. The molecule has 1 unspecified atom stereocenters. The van der Waals surface area contributed by atoms with Crippen molar-refractivity contribution >= 4 is 29.4 Å². The number of nitrogens with one attached hydrogen (secondary N) is 3. The molecule has 1 amide bonds. The molecule has 0 spiro atoms. The van der Waals surface area contributed by atoms with Crippen LogP contribution in [0.3, 0.4) is 0 Å². The lowest BCUT2D eigenvalue weighted by Crippen LogP contribution is -2.43. The normalized spacial score (nSPS) is 14.0. The highest BCUT2D eigenvalue weighted by molar-refractivity contribution is 5.77. The van der Waals surface area contributed by atoms with E-state index in [9.17, 15) is 9.59 Å². The second-order valence-electron chi connectivity index (χ2n) is 14.5. The average Bonchev–Trinajstić information content (AvgIpc) is 3.09. The largest absolute Gasteiger partial charge is 0.459 e. The van der Waals surface area contributed by atoms with Gasteiger partial charge in [-0.05, 0) is 95.0 Å². The van der Waals surface area contributed by atoms with Crippen molar-refractivity contribution in [1.82, 2.24) is 20.6 Å². The highest BCUT2D eigenvalue weighted by Crippen LogP contribution is 2.28. The van der Waals surface area contributed by atoms with Crippen LogP contribution in [0, 0.1) is 0 Å². The Morgan fingerprint density at radius 1 is 0.843 bits per heavy atom. The third-order valence-corrected chi connectivity index (χ3v) is 7.91. The summed E-state index contributed by atoms with van der Waals surface area (Å²) in [6.07, 6.45) is 1.75. The summed E-state index contributed by atoms with van der Waals surface area (Å²) >= 11 is 0. The van der Waals surface area contributed by atoms with Gasteiger partial charge in [0.2, 0.25) is 5.95 Å². The van der Waals surface area contributed by atoms with Crippen molar-refractivity contribution in [3.8, 4) is 11.3 Å². The van der Waals surface area contributed by atoms with Gasteiger partial charge in [0.05, 0.1) is 18.9 Å². The number of hydrogen-bond acceptors (Lipinski definition) is 10. The van der Waals surface area contributed by atoms with Gasteiger partial charge < -0.3 is 29.7 Å². The summed E-state index contributed by atoms with van der Waals surface area (Å²) in [5.41, 5.74) is 5.32. The molecule has 1 saturated heterocycles. The predicted molar refractivity (Wildman–Crippen MR) is 200 cm³/mol. The van der Waals surface area contributed by atoms with Crippen molar-refractivity contribution in [3.63, 3.8) is 0 Å². The minimum absolute atomic E-state index is 0.288. The van der Waals surface area contributed by atoms with Gasteiger partial charge in [-0.2, -0.15) is 0 Å². The van der Waals surface area contributed by atoms with Crippen molar-refractivity contribution < 1.29 is 23.8 Å². The van der Waals surface area contributed by atoms with Gasteiger partial charge >= 0.3 is 12.1 Å². The van der Waals surface area contributed by atoms with E-state index in [1.54, 1.807) is 6.20 Å². The number of ether oxygens (including phenoxy) is 3. The molecule has 0 radical (unpaired) electrons. The quantitative estimate of drug-likeness (QED) is 0.137. The van der Waals surface area contributed by atoms with Crippen molar-refractivity contribution in [3.05, 3.63) is 102 Å². The first-order chi connectivity index (χ1) is 24.3. The van der Waals surface area contributed by atoms with Crippen LogP contribution in [0.15, 0.2) is 85.1 Å². The van der Waals surface area contributed by atoms with Gasteiger partial charge in [-0.1, -0.05) is 48.5 Å². The number of carbonyl (C=O) groups is 2. The zero-order chi connectivity index (χ0) is 36.4. The van der Waals surface area contributed by atoms with Crippen LogP contribution in [0.5, 0.6) is 0 Å². The van der Waals surface area contributed by atoms with Crippen LogP contribution in [0.1, 0.15) is 58.2 Å². The lowest BCUT2D eigenvalue weighted by Gasteiger charge is -2.31. The van der Waals surface area contributed by atoms with E-state index in [2.05, 4.69) is 38.0 Å². The van der Waals surface area contributed by atoms with E-state index in [0.29, 0.717) is 38.7 Å². The van der Waals surface area contributed by atoms with Crippen LogP contribution in [-0.4, -0.2) is 65.6 Å².